The average Bonchev–Trinajstić information content (AvgIpc) is 3.38. The highest BCUT2D eigenvalue weighted by Crippen LogP contribution is 2.42. The first-order chi connectivity index (χ1) is 16.6. The molecule has 5 rings (SSSR count). The topological polar surface area (TPSA) is 80.1 Å². The summed E-state index contributed by atoms with van der Waals surface area (Å²) in [6.07, 6.45) is -3.65. The van der Waals surface area contributed by atoms with E-state index in [1.165, 1.54) is 12.1 Å². The fraction of sp³-hybridized carbons (Fsp3) is 0.609. The largest absolute Gasteiger partial charge is 0.586 e. The van der Waals surface area contributed by atoms with Crippen molar-refractivity contribution in [1.82, 2.24) is 19.6 Å². The lowest BCUT2D eigenvalue weighted by Gasteiger charge is -2.36. The molecule has 9 nitrogen and oxygen atoms in total. The summed E-state index contributed by atoms with van der Waals surface area (Å²) < 4.78 is 61.0. The lowest BCUT2D eigenvalue weighted by atomic mass is 10.1. The molecule has 0 unspecified atom stereocenters. The van der Waals surface area contributed by atoms with Crippen molar-refractivity contribution in [2.45, 2.75) is 26.1 Å². The second-order valence-electron chi connectivity index (χ2n) is 9.61. The molecule has 12 heteroatoms. The van der Waals surface area contributed by atoms with Crippen LogP contribution in [-0.4, -0.2) is 98.2 Å². The third-order valence-corrected chi connectivity index (χ3v) is 8.42. The first-order valence-corrected chi connectivity index (χ1v) is 13.8. The van der Waals surface area contributed by atoms with Gasteiger partial charge < -0.3 is 19.3 Å². The van der Waals surface area contributed by atoms with E-state index in [9.17, 15) is 17.2 Å². The van der Waals surface area contributed by atoms with Gasteiger partial charge in [0.25, 0.3) is 0 Å². The van der Waals surface area contributed by atoms with E-state index in [-0.39, 0.29) is 28.9 Å². The van der Waals surface area contributed by atoms with Gasteiger partial charge in [-0.3, -0.25) is 4.90 Å². The quantitative estimate of drug-likeness (QED) is 0.584. The molecule has 2 fully saturated rings. The minimum absolute atomic E-state index is 0.000764. The normalized spacial score (nSPS) is 22.1. The minimum Gasteiger partial charge on any atom is -0.395 e. The average molecular weight is 512 g/mol. The second kappa shape index (κ2) is 9.21. The standard InChI is InChI=1S/C23H31F2N5O4S/c1-17(2)19-16-22(26-30(19)18-3-4-20-21(15-18)34-23(24,25)33-20)29-9-7-27(8-10-29)5-6-28-11-13-35(31,32)14-12-28/h3-4,15-17H,5-14H2,1-2H3. The van der Waals surface area contributed by atoms with Crippen LogP contribution in [0.15, 0.2) is 24.3 Å². The van der Waals surface area contributed by atoms with Gasteiger partial charge in [0.15, 0.2) is 27.2 Å². The molecule has 192 valence electrons. The van der Waals surface area contributed by atoms with Crippen molar-refractivity contribution in [2.75, 3.05) is 68.8 Å². The van der Waals surface area contributed by atoms with Crippen LogP contribution in [-0.2, 0) is 9.84 Å². The van der Waals surface area contributed by atoms with E-state index < -0.39 is 16.1 Å². The van der Waals surface area contributed by atoms with Gasteiger partial charge in [-0.1, -0.05) is 13.8 Å². The number of alkyl halides is 2. The van der Waals surface area contributed by atoms with Gasteiger partial charge in [0.05, 0.1) is 17.2 Å². The Labute approximate surface area is 204 Å². The second-order valence-corrected chi connectivity index (χ2v) is 11.9. The van der Waals surface area contributed by atoms with Crippen molar-refractivity contribution >= 4 is 15.7 Å². The van der Waals surface area contributed by atoms with Crippen molar-refractivity contribution in [2.24, 2.45) is 0 Å². The van der Waals surface area contributed by atoms with Crippen molar-refractivity contribution in [1.29, 1.82) is 0 Å². The summed E-state index contributed by atoms with van der Waals surface area (Å²) in [5.41, 5.74) is 1.62. The molecule has 1 aromatic heterocycles. The number of fused-ring (bicyclic) bond motifs is 1. The summed E-state index contributed by atoms with van der Waals surface area (Å²) in [7, 11) is -2.85. The molecule has 0 aliphatic carbocycles. The van der Waals surface area contributed by atoms with Gasteiger partial charge >= 0.3 is 6.29 Å². The predicted octanol–water partition coefficient (Wildman–Crippen LogP) is 2.17. The first kappa shape index (κ1) is 24.3. The molecule has 0 saturated carbocycles. The number of hydrogen-bond acceptors (Lipinski definition) is 8. The SMILES string of the molecule is CC(C)c1cc(N2CCN(CCN3CCS(=O)(=O)CC3)CC2)nn1-c1ccc2c(c1)OC(F)(F)O2. The van der Waals surface area contributed by atoms with Crippen LogP contribution >= 0.6 is 0 Å². The highest BCUT2D eigenvalue weighted by molar-refractivity contribution is 7.91. The van der Waals surface area contributed by atoms with Crippen LogP contribution < -0.4 is 14.4 Å². The summed E-state index contributed by atoms with van der Waals surface area (Å²) in [6, 6.07) is 6.78. The number of benzene rings is 1. The molecule has 0 atom stereocenters. The lowest BCUT2D eigenvalue weighted by Crippen LogP contribution is -2.50. The van der Waals surface area contributed by atoms with E-state index in [1.807, 2.05) is 0 Å². The highest BCUT2D eigenvalue weighted by atomic mass is 32.2. The Morgan fingerprint density at radius 2 is 1.57 bits per heavy atom. The fourth-order valence-corrected chi connectivity index (χ4v) is 5.96. The molecule has 4 heterocycles. The molecular weight excluding hydrogens is 480 g/mol. The summed E-state index contributed by atoms with van der Waals surface area (Å²) in [4.78, 5) is 6.87. The van der Waals surface area contributed by atoms with Gasteiger partial charge in [0.1, 0.15) is 0 Å². The van der Waals surface area contributed by atoms with Crippen molar-refractivity contribution in [3.05, 3.63) is 30.0 Å². The molecular formula is C23H31F2N5O4S. The molecule has 1 aromatic carbocycles. The monoisotopic (exact) mass is 511 g/mol. The zero-order chi connectivity index (χ0) is 24.8. The smallest absolute Gasteiger partial charge is 0.395 e. The fourth-order valence-electron chi connectivity index (χ4n) is 4.68. The molecule has 0 amide bonds. The molecule has 2 aromatic rings. The maximum absolute atomic E-state index is 13.4. The number of ether oxygens (including phenoxy) is 2. The zero-order valence-corrected chi connectivity index (χ0v) is 20.8. The van der Waals surface area contributed by atoms with Gasteiger partial charge in [-0.15, -0.1) is 8.78 Å². The maximum atomic E-state index is 13.4. The van der Waals surface area contributed by atoms with Crippen molar-refractivity contribution in [3.8, 4) is 17.2 Å². The van der Waals surface area contributed by atoms with E-state index in [2.05, 4.69) is 44.1 Å². The van der Waals surface area contributed by atoms with Crippen LogP contribution in [0.1, 0.15) is 25.5 Å². The third-order valence-electron chi connectivity index (χ3n) is 6.81. The summed E-state index contributed by atoms with van der Waals surface area (Å²) in [6.45, 7) is 10.6. The lowest BCUT2D eigenvalue weighted by molar-refractivity contribution is -0.286. The summed E-state index contributed by atoms with van der Waals surface area (Å²) >= 11 is 0. The third kappa shape index (κ3) is 5.39. The number of rotatable bonds is 6. The molecule has 0 N–H and O–H groups in total. The van der Waals surface area contributed by atoms with Gasteiger partial charge in [-0.05, 0) is 18.1 Å². The molecule has 35 heavy (non-hydrogen) atoms. The number of sulfone groups is 1. The van der Waals surface area contributed by atoms with Gasteiger partial charge in [0.2, 0.25) is 0 Å². The number of halogens is 2. The Bertz CT molecular complexity index is 1160. The van der Waals surface area contributed by atoms with Crippen molar-refractivity contribution in [3.63, 3.8) is 0 Å². The predicted molar refractivity (Wildman–Crippen MR) is 128 cm³/mol. The van der Waals surface area contributed by atoms with Crippen LogP contribution in [0, 0.1) is 0 Å². The molecule has 0 spiro atoms. The van der Waals surface area contributed by atoms with Crippen LogP contribution in [0.2, 0.25) is 0 Å². The zero-order valence-electron chi connectivity index (χ0n) is 20.0. The molecule has 3 aliphatic heterocycles. The van der Waals surface area contributed by atoms with Crippen molar-refractivity contribution < 1.29 is 26.7 Å². The van der Waals surface area contributed by atoms with Crippen LogP contribution in [0.5, 0.6) is 11.5 Å². The summed E-state index contributed by atoms with van der Waals surface area (Å²) in [5.74, 6) is 1.56. The number of anilines is 1. The number of nitrogens with zero attached hydrogens (tertiary/aromatic N) is 5. The summed E-state index contributed by atoms with van der Waals surface area (Å²) in [5, 5.41) is 4.82. The Morgan fingerprint density at radius 1 is 0.943 bits per heavy atom. The Morgan fingerprint density at radius 3 is 2.23 bits per heavy atom. The Hall–Kier alpha value is -2.44. The number of hydrogen-bond donors (Lipinski definition) is 0. The number of aromatic nitrogens is 2. The van der Waals surface area contributed by atoms with Gasteiger partial charge in [-0.2, -0.15) is 5.10 Å². The Balaban J connectivity index is 1.22. The maximum Gasteiger partial charge on any atom is 0.586 e. The van der Waals surface area contributed by atoms with Crippen LogP contribution in [0.3, 0.4) is 0 Å². The highest BCUT2D eigenvalue weighted by Gasteiger charge is 2.43. The van der Waals surface area contributed by atoms with E-state index in [0.29, 0.717) is 18.8 Å². The molecule has 3 aliphatic rings. The van der Waals surface area contributed by atoms with E-state index in [0.717, 1.165) is 50.8 Å². The van der Waals surface area contributed by atoms with Gasteiger partial charge in [-0.25, -0.2) is 13.1 Å². The van der Waals surface area contributed by atoms with Gasteiger partial charge in [0, 0.05) is 70.2 Å². The molecule has 2 saturated heterocycles. The molecule has 0 bridgehead atoms. The minimum atomic E-state index is -3.65. The van der Waals surface area contributed by atoms with E-state index in [4.69, 9.17) is 5.10 Å². The first-order valence-electron chi connectivity index (χ1n) is 12.0. The number of piperazine rings is 1. The van der Waals surface area contributed by atoms with Crippen LogP contribution in [0.4, 0.5) is 14.6 Å². The van der Waals surface area contributed by atoms with E-state index in [1.54, 1.807) is 10.7 Å². The van der Waals surface area contributed by atoms with E-state index >= 15 is 0 Å². The van der Waals surface area contributed by atoms with Crippen LogP contribution in [0.25, 0.3) is 5.69 Å². The molecule has 0 radical (unpaired) electrons. The Kier molecular flexibility index (Phi) is 6.39.